The number of ketones is 1. The lowest BCUT2D eigenvalue weighted by Gasteiger charge is -2.29. The van der Waals surface area contributed by atoms with Gasteiger partial charge >= 0.3 is 0 Å². The lowest BCUT2D eigenvalue weighted by molar-refractivity contribution is -0.132. The number of carbonyl (C=O) groups is 2. The van der Waals surface area contributed by atoms with Crippen LogP contribution in [0, 0.1) is 5.92 Å². The van der Waals surface area contributed by atoms with Gasteiger partial charge in [0.15, 0.2) is 5.78 Å². The lowest BCUT2D eigenvalue weighted by Crippen LogP contribution is -2.38. The Morgan fingerprint density at radius 1 is 1.25 bits per heavy atom. The monoisotopic (exact) mass is 329 g/mol. The Bertz CT molecular complexity index is 605. The van der Waals surface area contributed by atoms with Crippen LogP contribution in [-0.4, -0.2) is 36.3 Å². The minimum absolute atomic E-state index is 0.128. The molecule has 1 unspecified atom stereocenters. The van der Waals surface area contributed by atoms with E-state index in [-0.39, 0.29) is 17.6 Å². The van der Waals surface area contributed by atoms with E-state index in [1.807, 2.05) is 23.1 Å². The zero-order valence-corrected chi connectivity index (χ0v) is 14.6. The molecule has 0 N–H and O–H groups in total. The fourth-order valence-electron chi connectivity index (χ4n) is 3.69. The normalized spacial score (nSPS) is 20.6. The van der Waals surface area contributed by atoms with Gasteiger partial charge in [-0.15, -0.1) is 0 Å². The van der Waals surface area contributed by atoms with Crippen molar-refractivity contribution in [2.45, 2.75) is 51.9 Å². The van der Waals surface area contributed by atoms with Gasteiger partial charge in [0.2, 0.25) is 5.91 Å². The van der Waals surface area contributed by atoms with E-state index in [1.54, 1.807) is 0 Å². The quantitative estimate of drug-likeness (QED) is 0.829. The highest BCUT2D eigenvalue weighted by Gasteiger charge is 2.31. The second-order valence-corrected chi connectivity index (χ2v) is 6.91. The molecule has 1 fully saturated rings. The summed E-state index contributed by atoms with van der Waals surface area (Å²) < 4.78 is 5.66. The molecule has 0 saturated carbocycles. The van der Waals surface area contributed by atoms with Gasteiger partial charge in [-0.05, 0) is 62.3 Å². The molecule has 1 aliphatic heterocycles. The average Bonchev–Trinajstić information content (AvgIpc) is 2.63. The largest absolute Gasteiger partial charge is 0.494 e. The van der Waals surface area contributed by atoms with Crippen LogP contribution in [0.2, 0.25) is 0 Å². The van der Waals surface area contributed by atoms with Gasteiger partial charge in [-0.3, -0.25) is 9.59 Å². The molecule has 1 aliphatic carbocycles. The number of rotatable bonds is 5. The number of piperidine rings is 1. The minimum Gasteiger partial charge on any atom is -0.494 e. The van der Waals surface area contributed by atoms with Crippen molar-refractivity contribution in [2.75, 3.05) is 19.7 Å². The van der Waals surface area contributed by atoms with Crippen LogP contribution in [0.4, 0.5) is 0 Å². The fraction of sp³-hybridized carbons (Fsp3) is 0.600. The van der Waals surface area contributed by atoms with Crippen molar-refractivity contribution in [3.63, 3.8) is 0 Å². The maximum Gasteiger partial charge on any atom is 0.223 e. The minimum atomic E-state index is -0.158. The second kappa shape index (κ2) is 7.82. The molecule has 0 aromatic heterocycles. The Labute approximate surface area is 144 Å². The molecule has 4 nitrogen and oxygen atoms in total. The summed E-state index contributed by atoms with van der Waals surface area (Å²) in [6.07, 6.45) is 6.34. The zero-order chi connectivity index (χ0) is 16.9. The SMILES string of the molecule is CCCOc1ccc2c(c1)CCC(CC(=O)N1CCCCC1)C2=O. The topological polar surface area (TPSA) is 46.6 Å². The number of hydrogen-bond donors (Lipinski definition) is 0. The van der Waals surface area contributed by atoms with Gasteiger partial charge in [-0.25, -0.2) is 0 Å². The van der Waals surface area contributed by atoms with E-state index in [9.17, 15) is 9.59 Å². The summed E-state index contributed by atoms with van der Waals surface area (Å²) in [5, 5.41) is 0. The molecule has 130 valence electrons. The molecule has 1 aromatic rings. The fourth-order valence-corrected chi connectivity index (χ4v) is 3.69. The number of benzene rings is 1. The molecule has 24 heavy (non-hydrogen) atoms. The molecule has 1 heterocycles. The number of carbonyl (C=O) groups excluding carboxylic acids is 2. The van der Waals surface area contributed by atoms with Gasteiger partial charge in [-0.2, -0.15) is 0 Å². The summed E-state index contributed by atoms with van der Waals surface area (Å²) in [5.41, 5.74) is 1.84. The van der Waals surface area contributed by atoms with Crippen LogP contribution in [0.5, 0.6) is 5.75 Å². The third-order valence-corrected chi connectivity index (χ3v) is 5.08. The first-order valence-electron chi connectivity index (χ1n) is 9.26. The molecule has 1 amide bonds. The molecule has 0 radical (unpaired) electrons. The van der Waals surface area contributed by atoms with Gasteiger partial charge in [0.25, 0.3) is 0 Å². The summed E-state index contributed by atoms with van der Waals surface area (Å²) in [4.78, 5) is 27.1. The van der Waals surface area contributed by atoms with Gasteiger partial charge in [0.05, 0.1) is 6.61 Å². The number of amides is 1. The molecular weight excluding hydrogens is 302 g/mol. The molecule has 1 atom stereocenters. The second-order valence-electron chi connectivity index (χ2n) is 6.91. The molecule has 3 rings (SSSR count). The number of hydrogen-bond acceptors (Lipinski definition) is 3. The van der Waals surface area contributed by atoms with Crippen molar-refractivity contribution in [1.82, 2.24) is 4.90 Å². The highest BCUT2D eigenvalue weighted by atomic mass is 16.5. The molecule has 2 aliphatic rings. The molecular formula is C20H27NO3. The van der Waals surface area contributed by atoms with Crippen LogP contribution in [0.15, 0.2) is 18.2 Å². The third-order valence-electron chi connectivity index (χ3n) is 5.08. The van der Waals surface area contributed by atoms with Crippen molar-refractivity contribution in [3.05, 3.63) is 29.3 Å². The Balaban J connectivity index is 1.64. The van der Waals surface area contributed by atoms with Crippen LogP contribution in [0.1, 0.15) is 61.4 Å². The number of likely N-dealkylation sites (tertiary alicyclic amines) is 1. The van der Waals surface area contributed by atoms with Gasteiger partial charge < -0.3 is 9.64 Å². The van der Waals surface area contributed by atoms with E-state index in [4.69, 9.17) is 4.74 Å². The highest BCUT2D eigenvalue weighted by Crippen LogP contribution is 2.31. The molecule has 1 saturated heterocycles. The first-order chi connectivity index (χ1) is 11.7. The van der Waals surface area contributed by atoms with E-state index in [2.05, 4.69) is 6.92 Å². The predicted octanol–water partition coefficient (Wildman–Crippen LogP) is 3.62. The molecule has 0 spiro atoms. The Kier molecular flexibility index (Phi) is 5.54. The average molecular weight is 329 g/mol. The van der Waals surface area contributed by atoms with E-state index in [0.29, 0.717) is 13.0 Å². The van der Waals surface area contributed by atoms with E-state index >= 15 is 0 Å². The molecule has 0 bridgehead atoms. The van der Waals surface area contributed by atoms with Crippen molar-refractivity contribution in [2.24, 2.45) is 5.92 Å². The maximum atomic E-state index is 12.7. The van der Waals surface area contributed by atoms with E-state index in [0.717, 1.165) is 62.1 Å². The smallest absolute Gasteiger partial charge is 0.223 e. The summed E-state index contributed by atoms with van der Waals surface area (Å²) >= 11 is 0. The first-order valence-corrected chi connectivity index (χ1v) is 9.26. The highest BCUT2D eigenvalue weighted by molar-refractivity contribution is 6.02. The zero-order valence-electron chi connectivity index (χ0n) is 14.6. The number of ether oxygens (including phenoxy) is 1. The van der Waals surface area contributed by atoms with Gasteiger partial charge in [0, 0.05) is 31.0 Å². The number of Topliss-reactive ketones (excluding diaryl/α,β-unsaturated/α-hetero) is 1. The van der Waals surface area contributed by atoms with Crippen LogP contribution < -0.4 is 4.74 Å². The maximum absolute atomic E-state index is 12.7. The van der Waals surface area contributed by atoms with Gasteiger partial charge in [-0.1, -0.05) is 6.92 Å². The summed E-state index contributed by atoms with van der Waals surface area (Å²) in [5.74, 6) is 0.962. The predicted molar refractivity (Wildman–Crippen MR) is 93.4 cm³/mol. The Morgan fingerprint density at radius 3 is 2.79 bits per heavy atom. The molecule has 1 aromatic carbocycles. The van der Waals surface area contributed by atoms with E-state index < -0.39 is 0 Å². The number of nitrogens with zero attached hydrogens (tertiary/aromatic N) is 1. The van der Waals surface area contributed by atoms with Gasteiger partial charge in [0.1, 0.15) is 5.75 Å². The molecule has 4 heteroatoms. The van der Waals surface area contributed by atoms with Crippen LogP contribution in [0.3, 0.4) is 0 Å². The lowest BCUT2D eigenvalue weighted by atomic mass is 9.80. The summed E-state index contributed by atoms with van der Waals surface area (Å²) in [6.45, 7) is 4.48. The summed E-state index contributed by atoms with van der Waals surface area (Å²) in [6, 6.07) is 5.74. The Morgan fingerprint density at radius 2 is 2.04 bits per heavy atom. The number of fused-ring (bicyclic) bond motifs is 1. The van der Waals surface area contributed by atoms with Crippen LogP contribution in [-0.2, 0) is 11.2 Å². The van der Waals surface area contributed by atoms with Crippen molar-refractivity contribution in [1.29, 1.82) is 0 Å². The standard InChI is InChI=1S/C20H27NO3/c1-2-12-24-17-8-9-18-15(13-17)6-7-16(20(18)23)14-19(22)21-10-4-3-5-11-21/h8-9,13,16H,2-7,10-12,14H2,1H3. The van der Waals surface area contributed by atoms with Crippen molar-refractivity contribution in [3.8, 4) is 5.75 Å². The third kappa shape index (κ3) is 3.80. The van der Waals surface area contributed by atoms with Crippen molar-refractivity contribution < 1.29 is 14.3 Å². The first kappa shape index (κ1) is 17.0. The van der Waals surface area contributed by atoms with Crippen LogP contribution in [0.25, 0.3) is 0 Å². The van der Waals surface area contributed by atoms with Crippen molar-refractivity contribution >= 4 is 11.7 Å². The van der Waals surface area contributed by atoms with Crippen LogP contribution >= 0.6 is 0 Å². The van der Waals surface area contributed by atoms with E-state index in [1.165, 1.54) is 6.42 Å². The Hall–Kier alpha value is -1.84. The summed E-state index contributed by atoms with van der Waals surface area (Å²) in [7, 11) is 0. The number of aryl methyl sites for hydroxylation is 1.